The van der Waals surface area contributed by atoms with E-state index in [1.165, 1.54) is 39.8 Å². The zero-order valence-electron chi connectivity index (χ0n) is 13.9. The molecule has 7 nitrogen and oxygen atoms in total. The molecule has 0 aliphatic heterocycles. The highest BCUT2D eigenvalue weighted by Crippen LogP contribution is 2.24. The van der Waals surface area contributed by atoms with E-state index in [1.54, 1.807) is 0 Å². The first kappa shape index (κ1) is 21.3. The Morgan fingerprint density at radius 1 is 0.913 bits per heavy atom. The first-order valence-corrected chi connectivity index (χ1v) is 7.13. The molecule has 0 aliphatic rings. The summed E-state index contributed by atoms with van der Waals surface area (Å²) in [5.41, 5.74) is -3.30. The quantitative estimate of drug-likeness (QED) is 0.267. The summed E-state index contributed by atoms with van der Waals surface area (Å²) >= 11 is 0. The molecule has 0 aromatic rings. The van der Waals surface area contributed by atoms with Gasteiger partial charge in [0.05, 0.1) is 6.10 Å². The third kappa shape index (κ3) is 4.20. The zero-order chi connectivity index (χ0) is 18.5. The van der Waals surface area contributed by atoms with E-state index < -0.39 is 41.3 Å². The van der Waals surface area contributed by atoms with Crippen LogP contribution in [0.5, 0.6) is 0 Å². The largest absolute Gasteiger partial charge is 0.391 e. The van der Waals surface area contributed by atoms with Crippen LogP contribution in [0.2, 0.25) is 0 Å². The number of ketones is 3. The molecule has 0 radical (unpaired) electrons. The Hall–Kier alpha value is -1.67. The van der Waals surface area contributed by atoms with Crippen LogP contribution in [0.1, 0.15) is 34.6 Å². The molecule has 7 heteroatoms. The minimum Gasteiger partial charge on any atom is -0.391 e. The van der Waals surface area contributed by atoms with E-state index >= 15 is 0 Å². The van der Waals surface area contributed by atoms with Gasteiger partial charge in [0.15, 0.2) is 0 Å². The number of allylic oxidation sites excluding steroid dienone is 3. The van der Waals surface area contributed by atoms with Crippen molar-refractivity contribution in [3.8, 4) is 0 Å². The van der Waals surface area contributed by atoms with E-state index in [-0.39, 0.29) is 11.1 Å². The Morgan fingerprint density at radius 2 is 1.35 bits per heavy atom. The lowest BCUT2D eigenvalue weighted by Crippen LogP contribution is -2.63. The van der Waals surface area contributed by atoms with Crippen LogP contribution in [-0.2, 0) is 14.4 Å². The van der Waals surface area contributed by atoms with E-state index in [9.17, 15) is 34.8 Å². The van der Waals surface area contributed by atoms with Gasteiger partial charge in [-0.05, 0) is 45.8 Å². The molecule has 0 aliphatic carbocycles. The van der Waals surface area contributed by atoms with Crippen molar-refractivity contribution in [2.75, 3.05) is 0 Å². The summed E-state index contributed by atoms with van der Waals surface area (Å²) in [4.78, 5) is 36.7. The molecule has 0 fully saturated rings. The molecule has 23 heavy (non-hydrogen) atoms. The molecule has 0 saturated carbocycles. The van der Waals surface area contributed by atoms with Crippen LogP contribution in [0.4, 0.5) is 0 Å². The average molecular weight is 328 g/mol. The number of Topliss-reactive ketones (excluding diaryl/α,β-unsaturated/α-hetero) is 3. The molecule has 0 rings (SSSR count). The first-order valence-electron chi connectivity index (χ1n) is 7.13. The van der Waals surface area contributed by atoms with Crippen LogP contribution in [0.3, 0.4) is 0 Å². The van der Waals surface area contributed by atoms with Crippen molar-refractivity contribution < 1.29 is 34.8 Å². The predicted octanol–water partition coefficient (Wildman–Crippen LogP) is -0.540. The lowest BCUT2D eigenvalue weighted by molar-refractivity contribution is -0.177. The first-order chi connectivity index (χ1) is 10.5. The van der Waals surface area contributed by atoms with Crippen LogP contribution in [-0.4, -0.2) is 61.7 Å². The van der Waals surface area contributed by atoms with Crippen molar-refractivity contribution in [2.45, 2.75) is 58.5 Å². The summed E-state index contributed by atoms with van der Waals surface area (Å²) < 4.78 is 0. The predicted molar refractivity (Wildman–Crippen MR) is 82.5 cm³/mol. The van der Waals surface area contributed by atoms with Crippen molar-refractivity contribution in [3.05, 3.63) is 23.3 Å². The number of aliphatic hydroxyl groups excluding tert-OH is 3. The van der Waals surface area contributed by atoms with Crippen LogP contribution >= 0.6 is 0 Å². The van der Waals surface area contributed by atoms with Gasteiger partial charge in [-0.3, -0.25) is 14.4 Å². The SMILES string of the molecule is C/C=C(/C)C(=O)C(=O)[C@@](O)(C(=O)/C(C)=C\C)[C@@H](O)[C@H](O)[C@@H](C)O. The van der Waals surface area contributed by atoms with Crippen molar-refractivity contribution >= 4 is 17.3 Å². The van der Waals surface area contributed by atoms with Gasteiger partial charge in [-0.15, -0.1) is 0 Å². The third-order valence-electron chi connectivity index (χ3n) is 3.73. The second kappa shape index (κ2) is 8.26. The molecule has 4 N–H and O–H groups in total. The number of hydrogen-bond acceptors (Lipinski definition) is 7. The zero-order valence-corrected chi connectivity index (χ0v) is 13.9. The van der Waals surface area contributed by atoms with Gasteiger partial charge >= 0.3 is 0 Å². The fourth-order valence-corrected chi connectivity index (χ4v) is 1.80. The maximum Gasteiger partial charge on any atom is 0.245 e. The van der Waals surface area contributed by atoms with Gasteiger partial charge in [-0.2, -0.15) is 0 Å². The molecule has 0 spiro atoms. The van der Waals surface area contributed by atoms with Gasteiger partial charge in [0.2, 0.25) is 23.0 Å². The second-order valence-electron chi connectivity index (χ2n) is 5.37. The molecule has 0 bridgehead atoms. The van der Waals surface area contributed by atoms with E-state index in [1.807, 2.05) is 0 Å². The lowest BCUT2D eigenvalue weighted by Gasteiger charge is -2.33. The smallest absolute Gasteiger partial charge is 0.245 e. The van der Waals surface area contributed by atoms with E-state index in [0.29, 0.717) is 0 Å². The Morgan fingerprint density at radius 3 is 1.70 bits per heavy atom. The van der Waals surface area contributed by atoms with E-state index in [0.717, 1.165) is 6.92 Å². The molecule has 0 aromatic carbocycles. The van der Waals surface area contributed by atoms with Crippen molar-refractivity contribution in [3.63, 3.8) is 0 Å². The topological polar surface area (TPSA) is 132 Å². The highest BCUT2D eigenvalue weighted by molar-refractivity contribution is 6.50. The molecule has 0 amide bonds. The van der Waals surface area contributed by atoms with Gasteiger partial charge in [0.1, 0.15) is 12.2 Å². The molecule has 0 aromatic heterocycles. The number of carbonyl (C=O) groups excluding carboxylic acids is 3. The summed E-state index contributed by atoms with van der Waals surface area (Å²) in [6, 6.07) is 0. The van der Waals surface area contributed by atoms with Gasteiger partial charge in [-0.25, -0.2) is 0 Å². The Balaban J connectivity index is 6.17. The molecule has 130 valence electrons. The van der Waals surface area contributed by atoms with Crippen LogP contribution in [0, 0.1) is 0 Å². The number of hydrogen-bond donors (Lipinski definition) is 4. The van der Waals surface area contributed by atoms with Crippen molar-refractivity contribution in [1.29, 1.82) is 0 Å². The monoisotopic (exact) mass is 328 g/mol. The second-order valence-corrected chi connectivity index (χ2v) is 5.37. The van der Waals surface area contributed by atoms with Gasteiger partial charge < -0.3 is 20.4 Å². The van der Waals surface area contributed by atoms with Gasteiger partial charge in [0.25, 0.3) is 0 Å². The maximum atomic E-state index is 12.4. The van der Waals surface area contributed by atoms with Crippen LogP contribution < -0.4 is 0 Å². The third-order valence-corrected chi connectivity index (χ3v) is 3.73. The summed E-state index contributed by atoms with van der Waals surface area (Å²) in [5.74, 6) is -3.94. The summed E-state index contributed by atoms with van der Waals surface area (Å²) in [5, 5.41) is 39.7. The number of rotatable bonds is 8. The average Bonchev–Trinajstić information content (AvgIpc) is 2.55. The standard InChI is InChI=1S/C16H24O7/c1-6-8(3)11(18)14(21)16(23,13(20)9(4)7-2)15(22)12(19)10(5)17/h6-7,10,12,15,17,19,22-23H,1-5H3/b8-6-,9-7-/t10-,12-,15+,16+/m1/s1. The van der Waals surface area contributed by atoms with Gasteiger partial charge in [0, 0.05) is 0 Å². The highest BCUT2D eigenvalue weighted by atomic mass is 16.4. The van der Waals surface area contributed by atoms with E-state index in [4.69, 9.17) is 0 Å². The number of aliphatic hydroxyl groups is 4. The lowest BCUT2D eigenvalue weighted by atomic mass is 9.78. The summed E-state index contributed by atoms with van der Waals surface area (Å²) in [6.45, 7) is 6.65. The maximum absolute atomic E-state index is 12.4. The molecular weight excluding hydrogens is 304 g/mol. The molecule has 0 unspecified atom stereocenters. The summed E-state index contributed by atoms with van der Waals surface area (Å²) in [7, 11) is 0. The highest BCUT2D eigenvalue weighted by Gasteiger charge is 2.55. The Labute approximate surface area is 134 Å². The molecule has 0 heterocycles. The fraction of sp³-hybridized carbons (Fsp3) is 0.562. The Kier molecular flexibility index (Phi) is 7.66. The van der Waals surface area contributed by atoms with Gasteiger partial charge in [-0.1, -0.05) is 12.2 Å². The Bertz CT molecular complexity index is 545. The molecular formula is C16H24O7. The normalized spacial score (nSPS) is 19.5. The summed E-state index contributed by atoms with van der Waals surface area (Å²) in [6.07, 6.45) is -3.32. The molecule has 0 saturated heterocycles. The van der Waals surface area contributed by atoms with Crippen molar-refractivity contribution in [1.82, 2.24) is 0 Å². The fourth-order valence-electron chi connectivity index (χ4n) is 1.80. The van der Waals surface area contributed by atoms with Crippen LogP contribution in [0.25, 0.3) is 0 Å². The van der Waals surface area contributed by atoms with E-state index in [2.05, 4.69) is 0 Å². The minimum absolute atomic E-state index is 0.0295. The molecule has 4 atom stereocenters. The minimum atomic E-state index is -3.19. The van der Waals surface area contributed by atoms with Crippen LogP contribution in [0.15, 0.2) is 23.3 Å². The number of carbonyl (C=O) groups is 3. The van der Waals surface area contributed by atoms with Crippen molar-refractivity contribution in [2.24, 2.45) is 0 Å².